The fraction of sp³-hybridized carbons (Fsp3) is 0.889. The smallest absolute Gasteiger partial charge is 0.488 e. The molecule has 96 valence electrons. The van der Waals surface area contributed by atoms with Crippen LogP contribution in [0.4, 0.5) is 13.2 Å². The summed E-state index contributed by atoms with van der Waals surface area (Å²) in [6, 6.07) is 0.304. The summed E-state index contributed by atoms with van der Waals surface area (Å²) in [5.41, 5.74) is -0.261. The molecule has 3 nitrogen and oxygen atoms in total. The monoisotopic (exact) mass is 258 g/mol. The molecular weight excluding hydrogens is 241 g/mol. The van der Waals surface area contributed by atoms with Gasteiger partial charge in [-0.2, -0.15) is 13.2 Å². The van der Waals surface area contributed by atoms with Gasteiger partial charge in [-0.1, -0.05) is 20.8 Å². The molecule has 0 fully saturated rings. The van der Waals surface area contributed by atoms with Crippen LogP contribution in [-0.2, 0) is 13.6 Å². The van der Waals surface area contributed by atoms with Crippen LogP contribution in [0.2, 0.25) is 12.6 Å². The van der Waals surface area contributed by atoms with Crippen molar-refractivity contribution in [3.05, 3.63) is 0 Å². The summed E-state index contributed by atoms with van der Waals surface area (Å²) in [4.78, 5) is 10.7. The van der Waals surface area contributed by atoms with Crippen molar-refractivity contribution in [1.29, 1.82) is 0 Å². The average Bonchev–Trinajstić information content (AvgIpc) is 1.98. The fourth-order valence-electron chi connectivity index (χ4n) is 1.37. The summed E-state index contributed by atoms with van der Waals surface area (Å²) in [6.07, 6.45) is -4.97. The molecule has 0 radical (unpaired) electrons. The molecule has 0 aromatic heterocycles. The zero-order valence-corrected chi connectivity index (χ0v) is 11.1. The average molecular weight is 258 g/mol. The van der Waals surface area contributed by atoms with Crippen LogP contribution in [0.3, 0.4) is 0 Å². The van der Waals surface area contributed by atoms with E-state index in [-0.39, 0.29) is 5.41 Å². The minimum atomic E-state index is -4.97. The number of halogens is 3. The van der Waals surface area contributed by atoms with Crippen LogP contribution >= 0.6 is 0 Å². The van der Waals surface area contributed by atoms with Gasteiger partial charge in [0.25, 0.3) is 0 Å². The first-order valence-electron chi connectivity index (χ1n) is 4.75. The van der Waals surface area contributed by atoms with Gasteiger partial charge in [0.1, 0.15) is 0 Å². The lowest BCUT2D eigenvalue weighted by atomic mass is 10.0. The molecule has 0 spiro atoms. The molecule has 1 atom stereocenters. The van der Waals surface area contributed by atoms with Gasteiger partial charge in [-0.3, -0.25) is 0 Å². The predicted molar refractivity (Wildman–Crippen MR) is 55.0 cm³/mol. The lowest BCUT2D eigenvalue weighted by Crippen LogP contribution is -2.46. The van der Waals surface area contributed by atoms with E-state index in [2.05, 4.69) is 4.43 Å². The predicted octanol–water partition coefficient (Wildman–Crippen LogP) is 2.86. The molecule has 0 aromatic rings. The third kappa shape index (κ3) is 5.50. The van der Waals surface area contributed by atoms with E-state index in [0.717, 1.165) is 0 Å². The summed E-state index contributed by atoms with van der Waals surface area (Å²) >= 11 is 0. The van der Waals surface area contributed by atoms with E-state index in [9.17, 15) is 18.0 Å². The molecule has 1 unspecified atom stereocenters. The Balaban J connectivity index is 4.68. The lowest BCUT2D eigenvalue weighted by molar-refractivity contribution is -0.192. The summed E-state index contributed by atoms with van der Waals surface area (Å²) < 4.78 is 45.6. The van der Waals surface area contributed by atoms with Crippen molar-refractivity contribution in [2.45, 2.75) is 39.5 Å². The maximum Gasteiger partial charge on any atom is 0.489 e. The summed E-state index contributed by atoms with van der Waals surface area (Å²) in [7, 11) is -1.84. The molecule has 16 heavy (non-hydrogen) atoms. The number of hydrogen-bond donors (Lipinski definition) is 0. The number of hydrogen-bond acceptors (Lipinski definition) is 3. The topological polar surface area (TPSA) is 35.5 Å². The first kappa shape index (κ1) is 15.4. The van der Waals surface area contributed by atoms with Crippen molar-refractivity contribution < 1.29 is 26.8 Å². The van der Waals surface area contributed by atoms with Crippen LogP contribution in [-0.4, -0.2) is 27.8 Å². The molecule has 0 N–H and O–H groups in total. The van der Waals surface area contributed by atoms with Crippen LogP contribution in [0.1, 0.15) is 20.8 Å². The van der Waals surface area contributed by atoms with E-state index in [0.29, 0.717) is 6.04 Å². The molecular formula is C9H17F3O3Si. The normalized spacial score (nSPS) is 16.8. The molecule has 0 rings (SSSR count). The van der Waals surface area contributed by atoms with Gasteiger partial charge in [0, 0.05) is 13.2 Å². The highest BCUT2D eigenvalue weighted by Gasteiger charge is 2.48. The van der Waals surface area contributed by atoms with E-state index in [1.807, 2.05) is 20.8 Å². The molecule has 0 bridgehead atoms. The first-order chi connectivity index (χ1) is 6.90. The Hall–Kier alpha value is -0.563. The summed E-state index contributed by atoms with van der Waals surface area (Å²) in [6.45, 7) is 6.98. The second kappa shape index (κ2) is 4.75. The van der Waals surface area contributed by atoms with Crippen LogP contribution in [0.5, 0.6) is 0 Å². The summed E-state index contributed by atoms with van der Waals surface area (Å²) in [5, 5.41) is 0. The largest absolute Gasteiger partial charge is 0.489 e. The van der Waals surface area contributed by atoms with Crippen LogP contribution < -0.4 is 0 Å². The van der Waals surface area contributed by atoms with Gasteiger partial charge in [-0.05, 0) is 12.0 Å². The molecule has 0 amide bonds. The molecule has 0 saturated heterocycles. The standard InChI is InChI=1S/C9H17F3O3Si/c1-8(2,3)6-16(5,14-4)15-7(13)9(10,11)12/h6H2,1-5H3. The van der Waals surface area contributed by atoms with E-state index < -0.39 is 20.7 Å². The van der Waals surface area contributed by atoms with Crippen molar-refractivity contribution in [3.8, 4) is 0 Å². The SMILES string of the molecule is CO[Si](C)(CC(C)(C)C)OC(=O)C(F)(F)F. The fourth-order valence-corrected chi connectivity index (χ4v) is 4.10. The van der Waals surface area contributed by atoms with Crippen molar-refractivity contribution in [3.63, 3.8) is 0 Å². The number of alkyl halides is 3. The highest BCUT2D eigenvalue weighted by Crippen LogP contribution is 2.30. The molecule has 0 aromatic carbocycles. The van der Waals surface area contributed by atoms with Crippen molar-refractivity contribution in [2.24, 2.45) is 5.41 Å². The number of carbonyl (C=O) groups excluding carboxylic acids is 1. The van der Waals surface area contributed by atoms with Crippen LogP contribution in [0.15, 0.2) is 0 Å². The molecule has 0 aliphatic heterocycles. The number of rotatable bonds is 3. The van der Waals surface area contributed by atoms with E-state index in [1.54, 1.807) is 0 Å². The van der Waals surface area contributed by atoms with Gasteiger partial charge in [-0.25, -0.2) is 4.79 Å². The van der Waals surface area contributed by atoms with Crippen molar-refractivity contribution in [1.82, 2.24) is 0 Å². The third-order valence-electron chi connectivity index (χ3n) is 1.82. The second-order valence-electron chi connectivity index (χ2n) is 4.96. The molecule has 0 saturated carbocycles. The van der Waals surface area contributed by atoms with E-state index in [1.165, 1.54) is 13.7 Å². The van der Waals surface area contributed by atoms with Crippen molar-refractivity contribution >= 4 is 14.5 Å². The minimum absolute atomic E-state index is 0.261. The maximum absolute atomic E-state index is 12.0. The number of carbonyl (C=O) groups is 1. The van der Waals surface area contributed by atoms with Gasteiger partial charge in [0.05, 0.1) is 0 Å². The lowest BCUT2D eigenvalue weighted by Gasteiger charge is -2.31. The third-order valence-corrected chi connectivity index (χ3v) is 5.01. The minimum Gasteiger partial charge on any atom is -0.488 e. The highest BCUT2D eigenvalue weighted by atomic mass is 28.4. The molecule has 0 aliphatic carbocycles. The Labute approximate surface area is 94.2 Å². The zero-order valence-electron chi connectivity index (χ0n) is 10.1. The Morgan fingerprint density at radius 3 is 1.94 bits per heavy atom. The highest BCUT2D eigenvalue weighted by molar-refractivity contribution is 6.67. The Kier molecular flexibility index (Phi) is 4.58. The second-order valence-corrected chi connectivity index (χ2v) is 8.20. The maximum atomic E-state index is 12.0. The molecule has 7 heteroatoms. The van der Waals surface area contributed by atoms with Gasteiger partial charge in [0.2, 0.25) is 0 Å². The summed E-state index contributed by atoms with van der Waals surface area (Å²) in [5.74, 6) is -2.17. The van der Waals surface area contributed by atoms with Gasteiger partial charge in [0.15, 0.2) is 0 Å². The van der Waals surface area contributed by atoms with Crippen LogP contribution in [0.25, 0.3) is 0 Å². The van der Waals surface area contributed by atoms with Crippen LogP contribution in [0, 0.1) is 5.41 Å². The Morgan fingerprint density at radius 1 is 1.25 bits per heavy atom. The Bertz CT molecular complexity index is 260. The molecule has 0 aliphatic rings. The van der Waals surface area contributed by atoms with E-state index >= 15 is 0 Å². The molecule has 0 heterocycles. The van der Waals surface area contributed by atoms with Gasteiger partial charge in [-0.15, -0.1) is 0 Å². The Morgan fingerprint density at radius 2 is 1.69 bits per heavy atom. The van der Waals surface area contributed by atoms with Crippen molar-refractivity contribution in [2.75, 3.05) is 7.11 Å². The van der Waals surface area contributed by atoms with E-state index in [4.69, 9.17) is 4.43 Å². The van der Waals surface area contributed by atoms with Gasteiger partial charge >= 0.3 is 20.7 Å². The quantitative estimate of drug-likeness (QED) is 0.730. The zero-order chi connectivity index (χ0) is 13.2. The van der Waals surface area contributed by atoms with Gasteiger partial charge < -0.3 is 8.85 Å². The first-order valence-corrected chi connectivity index (χ1v) is 7.27.